The molecule has 1 aromatic heterocycles. The highest BCUT2D eigenvalue weighted by molar-refractivity contribution is 5.75. The number of benzene rings is 1. The van der Waals surface area contributed by atoms with Crippen molar-refractivity contribution in [3.05, 3.63) is 64.1 Å². The van der Waals surface area contributed by atoms with Crippen LogP contribution in [0.2, 0.25) is 0 Å². The summed E-state index contributed by atoms with van der Waals surface area (Å²) in [5, 5.41) is 11.6. The first-order valence-corrected chi connectivity index (χ1v) is 7.13. The molecule has 0 atom stereocenters. The minimum Gasteiger partial charge on any atom is -0.497 e. The topological polar surface area (TPSA) is 84.1 Å². The molecule has 0 bridgehead atoms. The Hall–Kier alpha value is -3.07. The standard InChI is InChI=1S/C17H17N3O3/c1-23-15-6-4-13(5-7-15)8-9-19-16(21)12-20-10-2-3-14(11-18)17(20)22/h2-7,10H,8-9,12H2,1H3,(H,19,21). The van der Waals surface area contributed by atoms with Crippen LogP contribution < -0.4 is 15.6 Å². The fraction of sp³-hybridized carbons (Fsp3) is 0.235. The van der Waals surface area contributed by atoms with Gasteiger partial charge in [0.05, 0.1) is 7.11 Å². The smallest absolute Gasteiger partial charge is 0.268 e. The molecule has 0 saturated carbocycles. The number of methoxy groups -OCH3 is 1. The molecule has 2 aromatic rings. The number of pyridine rings is 1. The predicted octanol–water partition coefficient (Wildman–Crippen LogP) is 1.09. The van der Waals surface area contributed by atoms with Gasteiger partial charge in [-0.05, 0) is 36.2 Å². The number of amides is 1. The molecule has 0 fully saturated rings. The maximum atomic E-state index is 11.9. The van der Waals surface area contributed by atoms with Gasteiger partial charge in [-0.3, -0.25) is 9.59 Å². The summed E-state index contributed by atoms with van der Waals surface area (Å²) in [6.07, 6.45) is 2.18. The van der Waals surface area contributed by atoms with Crippen molar-refractivity contribution in [2.75, 3.05) is 13.7 Å². The van der Waals surface area contributed by atoms with Crippen LogP contribution in [0.5, 0.6) is 5.75 Å². The summed E-state index contributed by atoms with van der Waals surface area (Å²) in [7, 11) is 1.61. The predicted molar refractivity (Wildman–Crippen MR) is 85.1 cm³/mol. The summed E-state index contributed by atoms with van der Waals surface area (Å²) in [5.74, 6) is 0.519. The van der Waals surface area contributed by atoms with E-state index in [-0.39, 0.29) is 18.0 Å². The van der Waals surface area contributed by atoms with Gasteiger partial charge in [-0.15, -0.1) is 0 Å². The van der Waals surface area contributed by atoms with Crippen molar-refractivity contribution in [1.29, 1.82) is 5.26 Å². The summed E-state index contributed by atoms with van der Waals surface area (Å²) in [6.45, 7) is 0.370. The number of hydrogen-bond donors (Lipinski definition) is 1. The Balaban J connectivity index is 1.86. The number of hydrogen-bond acceptors (Lipinski definition) is 4. The fourth-order valence-electron chi connectivity index (χ4n) is 2.10. The van der Waals surface area contributed by atoms with Gasteiger partial charge in [0.25, 0.3) is 5.56 Å². The zero-order chi connectivity index (χ0) is 16.7. The quantitative estimate of drug-likeness (QED) is 0.865. The molecule has 1 amide bonds. The molecule has 2 rings (SSSR count). The third kappa shape index (κ3) is 4.45. The Bertz CT molecular complexity index is 773. The van der Waals surface area contributed by atoms with E-state index in [0.29, 0.717) is 13.0 Å². The lowest BCUT2D eigenvalue weighted by Gasteiger charge is -2.08. The number of nitrogens with zero attached hydrogens (tertiary/aromatic N) is 2. The van der Waals surface area contributed by atoms with Gasteiger partial charge in [0.15, 0.2) is 0 Å². The average molecular weight is 311 g/mol. The summed E-state index contributed by atoms with van der Waals surface area (Å²) < 4.78 is 6.31. The van der Waals surface area contributed by atoms with E-state index in [1.165, 1.54) is 16.8 Å². The average Bonchev–Trinajstić information content (AvgIpc) is 2.57. The minimum absolute atomic E-state index is 0.0264. The second kappa shape index (κ2) is 7.80. The fourth-order valence-corrected chi connectivity index (χ4v) is 2.10. The molecule has 0 aliphatic rings. The Labute approximate surface area is 133 Å². The highest BCUT2D eigenvalue weighted by atomic mass is 16.5. The van der Waals surface area contributed by atoms with Gasteiger partial charge in [0.2, 0.25) is 5.91 Å². The number of aromatic nitrogens is 1. The molecule has 0 aliphatic carbocycles. The first kappa shape index (κ1) is 16.3. The highest BCUT2D eigenvalue weighted by Crippen LogP contribution is 2.11. The first-order chi connectivity index (χ1) is 11.1. The van der Waals surface area contributed by atoms with Crippen molar-refractivity contribution in [1.82, 2.24) is 9.88 Å². The van der Waals surface area contributed by atoms with E-state index >= 15 is 0 Å². The van der Waals surface area contributed by atoms with Crippen molar-refractivity contribution in [2.45, 2.75) is 13.0 Å². The molecule has 6 heteroatoms. The van der Waals surface area contributed by atoms with E-state index < -0.39 is 5.56 Å². The van der Waals surface area contributed by atoms with Crippen LogP contribution in [0.15, 0.2) is 47.4 Å². The highest BCUT2D eigenvalue weighted by Gasteiger charge is 2.06. The van der Waals surface area contributed by atoms with Crippen LogP contribution in [0.4, 0.5) is 0 Å². The summed E-state index contributed by atoms with van der Waals surface area (Å²) >= 11 is 0. The van der Waals surface area contributed by atoms with E-state index in [9.17, 15) is 9.59 Å². The number of carbonyl (C=O) groups excluding carboxylic acids is 1. The molecule has 1 N–H and O–H groups in total. The van der Waals surface area contributed by atoms with Crippen LogP contribution in [0.25, 0.3) is 0 Å². The monoisotopic (exact) mass is 311 g/mol. The third-order valence-electron chi connectivity index (χ3n) is 3.35. The molecule has 0 unspecified atom stereocenters. The lowest BCUT2D eigenvalue weighted by atomic mass is 10.1. The Morgan fingerprint density at radius 3 is 2.70 bits per heavy atom. The molecule has 6 nitrogen and oxygen atoms in total. The lowest BCUT2D eigenvalue weighted by Crippen LogP contribution is -2.33. The molecule has 0 radical (unpaired) electrons. The minimum atomic E-state index is -0.458. The number of nitriles is 1. The zero-order valence-corrected chi connectivity index (χ0v) is 12.8. The maximum absolute atomic E-state index is 11.9. The second-order valence-electron chi connectivity index (χ2n) is 4.91. The van der Waals surface area contributed by atoms with E-state index in [1.54, 1.807) is 13.2 Å². The molecule has 0 spiro atoms. The van der Waals surface area contributed by atoms with Gasteiger partial charge in [-0.1, -0.05) is 12.1 Å². The largest absolute Gasteiger partial charge is 0.497 e. The molecule has 23 heavy (non-hydrogen) atoms. The van der Waals surface area contributed by atoms with Crippen LogP contribution in [-0.2, 0) is 17.8 Å². The molecule has 0 saturated heterocycles. The van der Waals surface area contributed by atoms with E-state index in [1.807, 2.05) is 30.3 Å². The van der Waals surface area contributed by atoms with Crippen molar-refractivity contribution >= 4 is 5.91 Å². The van der Waals surface area contributed by atoms with Crippen LogP contribution in [0.3, 0.4) is 0 Å². The zero-order valence-electron chi connectivity index (χ0n) is 12.8. The van der Waals surface area contributed by atoms with Crippen LogP contribution in [0, 0.1) is 11.3 Å². The molecule has 0 aliphatic heterocycles. The summed E-state index contributed by atoms with van der Waals surface area (Å²) in [6, 6.07) is 12.4. The number of nitrogens with one attached hydrogen (secondary N) is 1. The van der Waals surface area contributed by atoms with Gasteiger partial charge in [-0.25, -0.2) is 0 Å². The van der Waals surface area contributed by atoms with Gasteiger partial charge in [0, 0.05) is 12.7 Å². The number of rotatable bonds is 6. The van der Waals surface area contributed by atoms with Crippen molar-refractivity contribution in [2.24, 2.45) is 0 Å². The number of ether oxygens (including phenoxy) is 1. The van der Waals surface area contributed by atoms with Crippen molar-refractivity contribution in [3.63, 3.8) is 0 Å². The molecular formula is C17H17N3O3. The van der Waals surface area contributed by atoms with E-state index in [2.05, 4.69) is 5.32 Å². The lowest BCUT2D eigenvalue weighted by molar-refractivity contribution is -0.121. The molecule has 1 heterocycles. The normalized spacial score (nSPS) is 9.91. The summed E-state index contributed by atoms with van der Waals surface area (Å²) in [5.41, 5.74) is 0.647. The van der Waals surface area contributed by atoms with Gasteiger partial charge in [-0.2, -0.15) is 5.26 Å². The first-order valence-electron chi connectivity index (χ1n) is 7.13. The molecular weight excluding hydrogens is 294 g/mol. The SMILES string of the molecule is COc1ccc(CCNC(=O)Cn2cccc(C#N)c2=O)cc1. The van der Waals surface area contributed by atoms with Crippen LogP contribution >= 0.6 is 0 Å². The third-order valence-corrected chi connectivity index (χ3v) is 3.35. The number of carbonyl (C=O) groups is 1. The summed E-state index contributed by atoms with van der Waals surface area (Å²) in [4.78, 5) is 23.7. The van der Waals surface area contributed by atoms with Crippen LogP contribution in [-0.4, -0.2) is 24.1 Å². The van der Waals surface area contributed by atoms with E-state index in [0.717, 1.165) is 11.3 Å². The van der Waals surface area contributed by atoms with E-state index in [4.69, 9.17) is 10.00 Å². The van der Waals surface area contributed by atoms with Gasteiger partial charge in [0.1, 0.15) is 23.9 Å². The Morgan fingerprint density at radius 1 is 1.30 bits per heavy atom. The van der Waals surface area contributed by atoms with Crippen molar-refractivity contribution < 1.29 is 9.53 Å². The maximum Gasteiger partial charge on any atom is 0.268 e. The molecule has 118 valence electrons. The Morgan fingerprint density at radius 2 is 2.04 bits per heavy atom. The molecule has 1 aromatic carbocycles. The van der Waals surface area contributed by atoms with Crippen molar-refractivity contribution in [3.8, 4) is 11.8 Å². The van der Waals surface area contributed by atoms with Crippen LogP contribution in [0.1, 0.15) is 11.1 Å². The van der Waals surface area contributed by atoms with Gasteiger partial charge >= 0.3 is 0 Å². The van der Waals surface area contributed by atoms with Gasteiger partial charge < -0.3 is 14.6 Å². The second-order valence-corrected chi connectivity index (χ2v) is 4.91. The Kier molecular flexibility index (Phi) is 5.53.